The molecule has 0 amide bonds. The van der Waals surface area contributed by atoms with Crippen LogP contribution in [0.1, 0.15) is 54.4 Å². The highest BCUT2D eigenvalue weighted by Crippen LogP contribution is 1.97. The van der Waals surface area contributed by atoms with Crippen LogP contribution >= 0.6 is 0 Å². The Kier molecular flexibility index (Phi) is 17.8. The highest BCUT2D eigenvalue weighted by Gasteiger charge is 2.07. The first-order chi connectivity index (χ1) is 9.83. The van der Waals surface area contributed by atoms with Gasteiger partial charge in [-0.1, -0.05) is 13.3 Å². The summed E-state index contributed by atoms with van der Waals surface area (Å²) in [6.07, 6.45) is 2.17. The molecule has 21 heavy (non-hydrogen) atoms. The predicted molar refractivity (Wildman–Crippen MR) is 85.6 cm³/mol. The van der Waals surface area contributed by atoms with Crippen molar-refractivity contribution in [2.45, 2.75) is 78.8 Å². The lowest BCUT2D eigenvalue weighted by Crippen LogP contribution is -2.24. The van der Waals surface area contributed by atoms with Crippen molar-refractivity contribution in [3.05, 3.63) is 0 Å². The van der Waals surface area contributed by atoms with E-state index in [0.29, 0.717) is 19.3 Å². The van der Waals surface area contributed by atoms with Crippen LogP contribution in [0.25, 0.3) is 0 Å². The van der Waals surface area contributed by atoms with Crippen LogP contribution in [0.5, 0.6) is 0 Å². The number of hydrogen-bond acceptors (Lipinski definition) is 5. The van der Waals surface area contributed by atoms with Crippen LogP contribution in [-0.2, 0) is 14.2 Å². The third-order valence-electron chi connectivity index (χ3n) is 2.44. The van der Waals surface area contributed by atoms with E-state index in [4.69, 9.17) is 24.4 Å². The molecule has 3 atom stereocenters. The fourth-order valence-corrected chi connectivity index (χ4v) is 1.17. The second kappa shape index (κ2) is 16.2. The molecule has 0 radical (unpaired) electrons. The topological polar surface area (TPSA) is 68.2 Å². The summed E-state index contributed by atoms with van der Waals surface area (Å²) in [7, 11) is 0. The molecule has 2 N–H and O–H groups in total. The molecule has 5 heteroatoms. The van der Waals surface area contributed by atoms with Gasteiger partial charge < -0.3 is 24.4 Å². The second-order valence-corrected chi connectivity index (χ2v) is 5.59. The van der Waals surface area contributed by atoms with Crippen molar-refractivity contribution in [1.82, 2.24) is 0 Å². The second-order valence-electron chi connectivity index (χ2n) is 5.59. The lowest BCUT2D eigenvalue weighted by atomic mass is 10.3. The lowest BCUT2D eigenvalue weighted by molar-refractivity contribution is -0.0620. The van der Waals surface area contributed by atoms with Gasteiger partial charge in [0.2, 0.25) is 0 Å². The average Bonchev–Trinajstić information content (AvgIpc) is 2.43. The molecule has 0 spiro atoms. The third-order valence-corrected chi connectivity index (χ3v) is 2.44. The van der Waals surface area contributed by atoms with Crippen molar-refractivity contribution in [3.8, 4) is 0 Å². The fraction of sp³-hybridized carbons (Fsp3) is 1.00. The number of hydrogen-bond donors (Lipinski definition) is 2. The van der Waals surface area contributed by atoms with Gasteiger partial charge in [0.25, 0.3) is 0 Å². The summed E-state index contributed by atoms with van der Waals surface area (Å²) in [5.74, 6) is 0. The zero-order valence-electron chi connectivity index (χ0n) is 14.7. The van der Waals surface area contributed by atoms with E-state index < -0.39 is 6.10 Å². The highest BCUT2D eigenvalue weighted by atomic mass is 16.5. The number of unbranched alkanes of at least 4 members (excludes halogenated alkanes) is 1. The van der Waals surface area contributed by atoms with Crippen LogP contribution in [0, 0.1) is 0 Å². The molecule has 0 bridgehead atoms. The maximum atomic E-state index is 8.92. The Balaban J connectivity index is 0. The summed E-state index contributed by atoms with van der Waals surface area (Å²) in [5, 5.41) is 17.6. The van der Waals surface area contributed by atoms with E-state index in [2.05, 4.69) is 20.8 Å². The van der Waals surface area contributed by atoms with Crippen molar-refractivity contribution in [3.63, 3.8) is 0 Å². The maximum absolute atomic E-state index is 8.92. The van der Waals surface area contributed by atoms with Crippen molar-refractivity contribution in [2.75, 3.05) is 26.4 Å². The summed E-state index contributed by atoms with van der Waals surface area (Å²) in [6, 6.07) is 0. The standard InChI is InChI=1S/C9H20O4.C7H16O/c1-7(11)5-12-9(3)6-13-8(2)4-10;1-4-5-6-8-7(2)3/h7-11H,4-6H2,1-3H3;7H,4-6H2,1-3H3. The number of aliphatic hydroxyl groups excluding tert-OH is 2. The Morgan fingerprint density at radius 2 is 1.43 bits per heavy atom. The van der Waals surface area contributed by atoms with Gasteiger partial charge in [-0.3, -0.25) is 0 Å². The van der Waals surface area contributed by atoms with E-state index in [1.54, 1.807) is 13.8 Å². The molecular weight excluding hydrogens is 272 g/mol. The van der Waals surface area contributed by atoms with Crippen LogP contribution in [0.4, 0.5) is 0 Å². The Morgan fingerprint density at radius 3 is 1.86 bits per heavy atom. The first-order valence-corrected chi connectivity index (χ1v) is 7.97. The summed E-state index contributed by atoms with van der Waals surface area (Å²) < 4.78 is 15.8. The SMILES string of the molecule is CC(O)COC(C)COC(C)CO.CCCCOC(C)C. The van der Waals surface area contributed by atoms with Crippen LogP contribution < -0.4 is 0 Å². The number of ether oxygens (including phenoxy) is 3. The molecule has 0 aromatic rings. The van der Waals surface area contributed by atoms with Gasteiger partial charge in [-0.2, -0.15) is 0 Å². The van der Waals surface area contributed by atoms with Crippen molar-refractivity contribution >= 4 is 0 Å². The van der Waals surface area contributed by atoms with E-state index in [1.807, 2.05) is 6.92 Å². The smallest absolute Gasteiger partial charge is 0.0781 e. The molecule has 0 aliphatic rings. The molecule has 0 saturated carbocycles. The largest absolute Gasteiger partial charge is 0.394 e. The Hall–Kier alpha value is -0.200. The molecule has 0 heterocycles. The van der Waals surface area contributed by atoms with Gasteiger partial charge in [-0.25, -0.2) is 0 Å². The molecule has 0 aromatic carbocycles. The third kappa shape index (κ3) is 22.2. The Bertz CT molecular complexity index is 197. The lowest BCUT2D eigenvalue weighted by Gasteiger charge is -2.16. The van der Waals surface area contributed by atoms with Gasteiger partial charge in [0.05, 0.1) is 44.2 Å². The highest BCUT2D eigenvalue weighted by molar-refractivity contribution is 4.52. The van der Waals surface area contributed by atoms with E-state index >= 15 is 0 Å². The van der Waals surface area contributed by atoms with Crippen LogP contribution in [0.2, 0.25) is 0 Å². The average molecular weight is 308 g/mol. The van der Waals surface area contributed by atoms with Crippen molar-refractivity contribution in [1.29, 1.82) is 0 Å². The molecule has 0 rings (SSSR count). The zero-order valence-corrected chi connectivity index (χ0v) is 14.7. The summed E-state index contributed by atoms with van der Waals surface area (Å²) in [4.78, 5) is 0. The predicted octanol–water partition coefficient (Wildman–Crippen LogP) is 2.38. The van der Waals surface area contributed by atoms with Crippen molar-refractivity contribution in [2.24, 2.45) is 0 Å². The number of rotatable bonds is 11. The Morgan fingerprint density at radius 1 is 0.857 bits per heavy atom. The first kappa shape index (κ1) is 23.1. The molecule has 5 nitrogen and oxygen atoms in total. The summed E-state index contributed by atoms with van der Waals surface area (Å²) in [5.41, 5.74) is 0. The molecule has 3 unspecified atom stereocenters. The van der Waals surface area contributed by atoms with E-state index in [9.17, 15) is 0 Å². The molecule has 130 valence electrons. The van der Waals surface area contributed by atoms with Gasteiger partial charge in [-0.05, 0) is 41.0 Å². The van der Waals surface area contributed by atoms with Gasteiger partial charge in [0.1, 0.15) is 0 Å². The minimum atomic E-state index is -0.447. The van der Waals surface area contributed by atoms with Crippen molar-refractivity contribution < 1.29 is 24.4 Å². The first-order valence-electron chi connectivity index (χ1n) is 7.97. The quantitative estimate of drug-likeness (QED) is 0.574. The van der Waals surface area contributed by atoms with Gasteiger partial charge in [-0.15, -0.1) is 0 Å². The van der Waals surface area contributed by atoms with Gasteiger partial charge >= 0.3 is 0 Å². The molecule has 0 fully saturated rings. The Labute approximate surface area is 130 Å². The molecule has 0 aliphatic heterocycles. The van der Waals surface area contributed by atoms with Crippen LogP contribution in [-0.4, -0.2) is 61.1 Å². The normalized spacial score (nSPS) is 15.3. The molecule has 0 saturated heterocycles. The molecule has 0 aliphatic carbocycles. The fourth-order valence-electron chi connectivity index (χ4n) is 1.17. The number of aliphatic hydroxyl groups is 2. The van der Waals surface area contributed by atoms with E-state index in [1.165, 1.54) is 12.8 Å². The molecule has 0 aromatic heterocycles. The monoisotopic (exact) mass is 308 g/mol. The van der Waals surface area contributed by atoms with Gasteiger partial charge in [0, 0.05) is 6.61 Å². The minimum absolute atomic E-state index is 0.0170. The summed E-state index contributed by atoms with van der Waals surface area (Å²) >= 11 is 0. The minimum Gasteiger partial charge on any atom is -0.394 e. The molecular formula is C16H36O5. The zero-order chi connectivity index (χ0) is 16.7. The van der Waals surface area contributed by atoms with E-state index in [0.717, 1.165) is 6.61 Å². The summed E-state index contributed by atoms with van der Waals surface area (Å²) in [6.45, 7) is 13.3. The van der Waals surface area contributed by atoms with Crippen LogP contribution in [0.15, 0.2) is 0 Å². The van der Waals surface area contributed by atoms with Gasteiger partial charge in [0.15, 0.2) is 0 Å². The maximum Gasteiger partial charge on any atom is 0.0781 e. The van der Waals surface area contributed by atoms with E-state index in [-0.39, 0.29) is 18.8 Å². The van der Waals surface area contributed by atoms with Crippen LogP contribution in [0.3, 0.4) is 0 Å².